The first-order valence-electron chi connectivity index (χ1n) is 5.47. The normalized spacial score (nSPS) is 24.4. The summed E-state index contributed by atoms with van der Waals surface area (Å²) < 4.78 is 0.966. The molecule has 0 aromatic heterocycles. The van der Waals surface area contributed by atoms with E-state index in [0.717, 1.165) is 29.4 Å². The Labute approximate surface area is 104 Å². The minimum atomic E-state index is 0.0778. The lowest BCUT2D eigenvalue weighted by atomic mass is 10.1. The highest BCUT2D eigenvalue weighted by atomic mass is 79.9. The van der Waals surface area contributed by atoms with Crippen molar-refractivity contribution in [1.82, 2.24) is 0 Å². The molecule has 0 aliphatic heterocycles. The van der Waals surface area contributed by atoms with Crippen molar-refractivity contribution < 1.29 is 4.79 Å². The first-order valence-corrected chi connectivity index (χ1v) is 6.26. The number of nitrogens with two attached hydrogens (primary N) is 1. The molecule has 86 valence electrons. The van der Waals surface area contributed by atoms with Crippen LogP contribution in [0.1, 0.15) is 19.3 Å². The third-order valence-corrected chi connectivity index (χ3v) is 3.43. The number of hydrogen-bond acceptors (Lipinski definition) is 2. The minimum Gasteiger partial charge on any atom is -0.328 e. The summed E-state index contributed by atoms with van der Waals surface area (Å²) in [6.07, 6.45) is 2.66. The van der Waals surface area contributed by atoms with Crippen LogP contribution in [0.25, 0.3) is 0 Å². The predicted molar refractivity (Wildman–Crippen MR) is 68.1 cm³/mol. The van der Waals surface area contributed by atoms with Crippen LogP contribution in [0.5, 0.6) is 0 Å². The molecule has 0 spiro atoms. The number of hydrogen-bond donors (Lipinski definition) is 2. The van der Waals surface area contributed by atoms with Gasteiger partial charge in [0.15, 0.2) is 0 Å². The van der Waals surface area contributed by atoms with Crippen molar-refractivity contribution >= 4 is 27.5 Å². The average molecular weight is 283 g/mol. The lowest BCUT2D eigenvalue weighted by Gasteiger charge is -2.10. The van der Waals surface area contributed by atoms with Gasteiger partial charge in [-0.05, 0) is 37.5 Å². The first kappa shape index (κ1) is 11.6. The number of anilines is 1. The Kier molecular flexibility index (Phi) is 3.61. The molecule has 2 rings (SSSR count). The van der Waals surface area contributed by atoms with E-state index in [4.69, 9.17) is 5.73 Å². The zero-order valence-electron chi connectivity index (χ0n) is 8.95. The van der Waals surface area contributed by atoms with Crippen LogP contribution in [-0.4, -0.2) is 11.9 Å². The van der Waals surface area contributed by atoms with Crippen molar-refractivity contribution in [3.05, 3.63) is 28.7 Å². The standard InChI is InChI=1S/C12H15BrN2O/c13-9-2-1-3-11(7-9)15-12(16)8-4-5-10(14)6-8/h1-3,7-8,10H,4-6,14H2,(H,15,16). The molecular formula is C12H15BrN2O. The molecule has 1 aromatic carbocycles. The Morgan fingerprint density at radius 2 is 2.25 bits per heavy atom. The van der Waals surface area contributed by atoms with Gasteiger partial charge < -0.3 is 11.1 Å². The molecule has 1 aliphatic carbocycles. The Bertz CT molecular complexity index is 394. The zero-order chi connectivity index (χ0) is 11.5. The van der Waals surface area contributed by atoms with Crippen LogP contribution in [0.3, 0.4) is 0 Å². The summed E-state index contributed by atoms with van der Waals surface area (Å²) in [7, 11) is 0. The van der Waals surface area contributed by atoms with E-state index < -0.39 is 0 Å². The molecule has 1 saturated carbocycles. The lowest BCUT2D eigenvalue weighted by molar-refractivity contribution is -0.119. The number of rotatable bonds is 2. The molecule has 2 unspecified atom stereocenters. The molecule has 3 N–H and O–H groups in total. The van der Waals surface area contributed by atoms with Gasteiger partial charge in [-0.2, -0.15) is 0 Å². The van der Waals surface area contributed by atoms with Crippen molar-refractivity contribution in [2.24, 2.45) is 11.7 Å². The van der Waals surface area contributed by atoms with E-state index in [1.54, 1.807) is 0 Å². The fourth-order valence-corrected chi connectivity index (χ4v) is 2.46. The maximum atomic E-state index is 11.9. The van der Waals surface area contributed by atoms with Gasteiger partial charge >= 0.3 is 0 Å². The van der Waals surface area contributed by atoms with Gasteiger partial charge in [0.25, 0.3) is 0 Å². The fraction of sp³-hybridized carbons (Fsp3) is 0.417. The smallest absolute Gasteiger partial charge is 0.227 e. The Morgan fingerprint density at radius 3 is 2.88 bits per heavy atom. The molecule has 0 bridgehead atoms. The van der Waals surface area contributed by atoms with E-state index in [2.05, 4.69) is 21.2 Å². The second-order valence-electron chi connectivity index (χ2n) is 4.27. The van der Waals surface area contributed by atoms with Crippen molar-refractivity contribution in [2.45, 2.75) is 25.3 Å². The number of benzene rings is 1. The van der Waals surface area contributed by atoms with Crippen molar-refractivity contribution in [3.8, 4) is 0 Å². The van der Waals surface area contributed by atoms with E-state index >= 15 is 0 Å². The molecule has 2 atom stereocenters. The van der Waals surface area contributed by atoms with Crippen LogP contribution in [0, 0.1) is 5.92 Å². The van der Waals surface area contributed by atoms with E-state index in [1.165, 1.54) is 0 Å². The Balaban J connectivity index is 1.97. The largest absolute Gasteiger partial charge is 0.328 e. The van der Waals surface area contributed by atoms with Crippen LogP contribution in [0.15, 0.2) is 28.7 Å². The molecule has 0 saturated heterocycles. The summed E-state index contributed by atoms with van der Waals surface area (Å²) in [5.41, 5.74) is 6.63. The second kappa shape index (κ2) is 4.97. The van der Waals surface area contributed by atoms with Gasteiger partial charge in [0.05, 0.1) is 0 Å². The van der Waals surface area contributed by atoms with Gasteiger partial charge in [-0.25, -0.2) is 0 Å². The van der Waals surface area contributed by atoms with Crippen LogP contribution < -0.4 is 11.1 Å². The van der Waals surface area contributed by atoms with Crippen molar-refractivity contribution in [1.29, 1.82) is 0 Å². The topological polar surface area (TPSA) is 55.1 Å². The van der Waals surface area contributed by atoms with Gasteiger partial charge in [0, 0.05) is 22.1 Å². The highest BCUT2D eigenvalue weighted by molar-refractivity contribution is 9.10. The Morgan fingerprint density at radius 1 is 1.44 bits per heavy atom. The number of carbonyl (C=O) groups excluding carboxylic acids is 1. The Hall–Kier alpha value is -0.870. The lowest BCUT2D eigenvalue weighted by Crippen LogP contribution is -2.23. The maximum Gasteiger partial charge on any atom is 0.227 e. The van der Waals surface area contributed by atoms with Gasteiger partial charge in [-0.15, -0.1) is 0 Å². The summed E-state index contributed by atoms with van der Waals surface area (Å²) in [5, 5.41) is 2.92. The molecule has 4 heteroatoms. The monoisotopic (exact) mass is 282 g/mol. The summed E-state index contributed by atoms with van der Waals surface area (Å²) in [6, 6.07) is 7.81. The fourth-order valence-electron chi connectivity index (χ4n) is 2.07. The third-order valence-electron chi connectivity index (χ3n) is 2.94. The molecule has 0 heterocycles. The highest BCUT2D eigenvalue weighted by Crippen LogP contribution is 2.26. The van der Waals surface area contributed by atoms with E-state index in [1.807, 2.05) is 24.3 Å². The van der Waals surface area contributed by atoms with Crippen molar-refractivity contribution in [2.75, 3.05) is 5.32 Å². The van der Waals surface area contributed by atoms with Gasteiger partial charge in [0.2, 0.25) is 5.91 Å². The first-order chi connectivity index (χ1) is 7.65. The van der Waals surface area contributed by atoms with Gasteiger partial charge in [-0.3, -0.25) is 4.79 Å². The van der Waals surface area contributed by atoms with Gasteiger partial charge in [-0.1, -0.05) is 22.0 Å². The summed E-state index contributed by atoms with van der Waals surface area (Å²) in [4.78, 5) is 11.9. The molecule has 16 heavy (non-hydrogen) atoms. The highest BCUT2D eigenvalue weighted by Gasteiger charge is 2.27. The zero-order valence-corrected chi connectivity index (χ0v) is 10.5. The molecule has 0 radical (unpaired) electrons. The van der Waals surface area contributed by atoms with Crippen LogP contribution in [0.2, 0.25) is 0 Å². The molecule has 1 fully saturated rings. The molecular weight excluding hydrogens is 268 g/mol. The number of amides is 1. The quantitative estimate of drug-likeness (QED) is 0.876. The maximum absolute atomic E-state index is 11.9. The third kappa shape index (κ3) is 2.83. The molecule has 1 amide bonds. The minimum absolute atomic E-state index is 0.0778. The second-order valence-corrected chi connectivity index (χ2v) is 5.19. The number of carbonyl (C=O) groups is 1. The molecule has 1 aromatic rings. The van der Waals surface area contributed by atoms with E-state index in [-0.39, 0.29) is 17.9 Å². The summed E-state index contributed by atoms with van der Waals surface area (Å²) >= 11 is 3.37. The predicted octanol–water partition coefficient (Wildman–Crippen LogP) is 2.52. The molecule has 3 nitrogen and oxygen atoms in total. The van der Waals surface area contributed by atoms with Gasteiger partial charge in [0.1, 0.15) is 0 Å². The number of nitrogens with one attached hydrogen (secondary N) is 1. The van der Waals surface area contributed by atoms with E-state index in [0.29, 0.717) is 0 Å². The summed E-state index contributed by atoms with van der Waals surface area (Å²) in [5.74, 6) is 0.167. The van der Waals surface area contributed by atoms with Crippen molar-refractivity contribution in [3.63, 3.8) is 0 Å². The number of halogens is 1. The summed E-state index contributed by atoms with van der Waals surface area (Å²) in [6.45, 7) is 0. The molecule has 1 aliphatic rings. The van der Waals surface area contributed by atoms with Crippen LogP contribution >= 0.6 is 15.9 Å². The van der Waals surface area contributed by atoms with Crippen LogP contribution in [0.4, 0.5) is 5.69 Å². The average Bonchev–Trinajstić information content (AvgIpc) is 2.65. The van der Waals surface area contributed by atoms with Crippen LogP contribution in [-0.2, 0) is 4.79 Å². The van der Waals surface area contributed by atoms with E-state index in [9.17, 15) is 4.79 Å². The SMILES string of the molecule is NC1CCC(C(=O)Nc2cccc(Br)c2)C1.